The largest absolute Gasteiger partial charge is 0.490 e. The zero-order valence-corrected chi connectivity index (χ0v) is 24.6. The van der Waals surface area contributed by atoms with Gasteiger partial charge >= 0.3 is 24.5 Å². The number of ether oxygens (including phenoxy) is 2. The van der Waals surface area contributed by atoms with Crippen molar-refractivity contribution >= 4 is 11.9 Å². The highest BCUT2D eigenvalue weighted by Gasteiger charge is 2.37. The third-order valence-corrected chi connectivity index (χ3v) is 6.68. The van der Waals surface area contributed by atoms with E-state index in [9.17, 15) is 44.3 Å². The van der Waals surface area contributed by atoms with Crippen LogP contribution in [0.3, 0.4) is 0 Å². The van der Waals surface area contributed by atoms with Crippen molar-refractivity contribution in [1.29, 1.82) is 0 Å². The molecule has 1 heterocycles. The van der Waals surface area contributed by atoms with Gasteiger partial charge in [0.25, 0.3) is 0 Å². The first kappa shape index (κ1) is 36.2. The second-order valence-corrected chi connectivity index (χ2v) is 10.2. The predicted octanol–water partition coefficient (Wildman–Crippen LogP) is 8.55. The molecule has 0 amide bonds. The molecule has 252 valence electrons. The lowest BCUT2D eigenvalue weighted by atomic mass is 10.0. The van der Waals surface area contributed by atoms with Crippen molar-refractivity contribution in [3.8, 4) is 11.5 Å². The molecule has 0 aliphatic rings. The number of hydrogen-bond acceptors (Lipinski definition) is 6. The summed E-state index contributed by atoms with van der Waals surface area (Å²) in [5, 5.41) is 8.75. The summed E-state index contributed by atoms with van der Waals surface area (Å²) in [4.78, 5) is 20.0. The first-order valence-corrected chi connectivity index (χ1v) is 14.0. The summed E-state index contributed by atoms with van der Waals surface area (Å²) in [6, 6.07) is 3.69. The number of alkyl halides is 9. The molecule has 0 radical (unpaired) electrons. The quantitative estimate of drug-likeness (QED) is 0.136. The van der Waals surface area contributed by atoms with Crippen molar-refractivity contribution in [3.63, 3.8) is 0 Å². The monoisotopic (exact) mass is 667 g/mol. The Morgan fingerprint density at radius 3 is 1.89 bits per heavy atom. The van der Waals surface area contributed by atoms with Gasteiger partial charge in [-0.15, -0.1) is 0 Å². The van der Waals surface area contributed by atoms with Crippen molar-refractivity contribution in [2.75, 3.05) is 11.5 Å². The molecule has 0 saturated heterocycles. The molecule has 46 heavy (non-hydrogen) atoms. The van der Waals surface area contributed by atoms with Gasteiger partial charge in [-0.3, -0.25) is 4.79 Å². The Morgan fingerprint density at radius 2 is 1.39 bits per heavy atom. The van der Waals surface area contributed by atoms with E-state index in [4.69, 9.17) is 14.6 Å². The van der Waals surface area contributed by atoms with Crippen LogP contribution in [-0.4, -0.2) is 33.8 Å². The molecule has 0 fully saturated rings. The van der Waals surface area contributed by atoms with Crippen LogP contribution in [0, 0.1) is 0 Å². The molecule has 0 aliphatic carbocycles. The van der Waals surface area contributed by atoms with Crippen LogP contribution in [0.1, 0.15) is 67.3 Å². The second kappa shape index (κ2) is 14.9. The average Bonchev–Trinajstić information content (AvgIpc) is 2.97. The highest BCUT2D eigenvalue weighted by atomic mass is 19.4. The molecule has 2 aromatic carbocycles. The predicted molar refractivity (Wildman–Crippen MR) is 147 cm³/mol. The maximum Gasteiger partial charge on any atom is 0.416 e. The van der Waals surface area contributed by atoms with E-state index >= 15 is 0 Å². The van der Waals surface area contributed by atoms with Crippen LogP contribution in [0.25, 0.3) is 0 Å². The number of nitrogens with zero attached hydrogens (tertiary/aromatic N) is 3. The standard InChI is InChI=1S/C30H30F9N3O4/c1-3-23(4-2)46-25-8-7-20(28(31,32)33)12-19(25)17-42(27-40-14-24(15-41-27)45-9-5-6-26(43)44)16-18-10-21(29(34,35)36)13-22(11-18)30(37,38)39/h7-8,10-15,23H,3-6,9,16-17H2,1-2H3,(H,43,44). The van der Waals surface area contributed by atoms with Gasteiger partial charge in [0.2, 0.25) is 5.95 Å². The van der Waals surface area contributed by atoms with Crippen molar-refractivity contribution in [3.05, 3.63) is 76.6 Å². The summed E-state index contributed by atoms with van der Waals surface area (Å²) in [5.41, 5.74) is -4.72. The van der Waals surface area contributed by atoms with Crippen LogP contribution in [0.15, 0.2) is 48.8 Å². The Bertz CT molecular complexity index is 1420. The fourth-order valence-corrected chi connectivity index (χ4v) is 4.32. The van der Waals surface area contributed by atoms with E-state index in [0.717, 1.165) is 35.5 Å². The van der Waals surface area contributed by atoms with Crippen LogP contribution < -0.4 is 14.4 Å². The van der Waals surface area contributed by atoms with E-state index in [2.05, 4.69) is 9.97 Å². The fourth-order valence-electron chi connectivity index (χ4n) is 4.32. The van der Waals surface area contributed by atoms with Gasteiger partial charge < -0.3 is 19.5 Å². The van der Waals surface area contributed by atoms with E-state index in [-0.39, 0.29) is 48.5 Å². The molecule has 0 saturated carbocycles. The smallest absolute Gasteiger partial charge is 0.416 e. The number of aliphatic carboxylic acids is 1. The minimum Gasteiger partial charge on any atom is -0.490 e. The molecular formula is C30H30F9N3O4. The average molecular weight is 668 g/mol. The molecule has 1 aromatic heterocycles. The lowest BCUT2D eigenvalue weighted by Crippen LogP contribution is -2.26. The maximum absolute atomic E-state index is 13.7. The second-order valence-electron chi connectivity index (χ2n) is 10.2. The summed E-state index contributed by atoms with van der Waals surface area (Å²) in [5.74, 6) is -1.19. The minimum atomic E-state index is -5.13. The first-order valence-electron chi connectivity index (χ1n) is 14.0. The lowest BCUT2D eigenvalue weighted by molar-refractivity contribution is -0.143. The van der Waals surface area contributed by atoms with Gasteiger partial charge in [0.1, 0.15) is 5.75 Å². The normalized spacial score (nSPS) is 12.3. The van der Waals surface area contributed by atoms with Gasteiger partial charge in [0.05, 0.1) is 41.8 Å². The molecular weight excluding hydrogens is 637 g/mol. The van der Waals surface area contributed by atoms with Crippen molar-refractivity contribution in [2.45, 2.75) is 77.3 Å². The van der Waals surface area contributed by atoms with E-state index in [0.29, 0.717) is 25.0 Å². The van der Waals surface area contributed by atoms with Crippen LogP contribution in [0.5, 0.6) is 11.5 Å². The number of hydrogen-bond donors (Lipinski definition) is 1. The lowest BCUT2D eigenvalue weighted by Gasteiger charge is -2.26. The summed E-state index contributed by atoms with van der Waals surface area (Å²) < 4.78 is 134. The number of aromatic nitrogens is 2. The number of carboxylic acid groups (broad SMARTS) is 1. The first-order chi connectivity index (χ1) is 21.4. The molecule has 16 heteroatoms. The highest BCUT2D eigenvalue weighted by molar-refractivity contribution is 5.66. The van der Waals surface area contributed by atoms with Gasteiger partial charge in [0.15, 0.2) is 5.75 Å². The van der Waals surface area contributed by atoms with Gasteiger partial charge in [-0.1, -0.05) is 13.8 Å². The molecule has 3 aromatic rings. The van der Waals surface area contributed by atoms with Gasteiger partial charge in [0, 0.05) is 25.1 Å². The summed E-state index contributed by atoms with van der Waals surface area (Å²) in [6.45, 7) is 2.40. The number of rotatable bonds is 14. The Hall–Kier alpha value is -4.24. The SMILES string of the molecule is CCC(CC)Oc1ccc(C(F)(F)F)cc1CN(Cc1cc(C(F)(F)F)cc(C(F)(F)F)c1)c1ncc(OCCCC(=O)O)cn1. The molecule has 0 bridgehead atoms. The molecule has 0 atom stereocenters. The van der Waals surface area contributed by atoms with Crippen LogP contribution in [0.2, 0.25) is 0 Å². The molecule has 3 rings (SSSR count). The number of halogens is 9. The number of carboxylic acids is 1. The van der Waals surface area contributed by atoms with Crippen LogP contribution >= 0.6 is 0 Å². The number of carbonyl (C=O) groups is 1. The van der Waals surface area contributed by atoms with Gasteiger partial charge in [-0.2, -0.15) is 39.5 Å². The van der Waals surface area contributed by atoms with E-state index in [1.165, 1.54) is 0 Å². The Balaban J connectivity index is 2.09. The van der Waals surface area contributed by atoms with Crippen LogP contribution in [-0.2, 0) is 36.4 Å². The van der Waals surface area contributed by atoms with Crippen LogP contribution in [0.4, 0.5) is 45.5 Å². The Labute approximate surface area is 258 Å². The molecule has 1 N–H and O–H groups in total. The summed E-state index contributed by atoms with van der Waals surface area (Å²) in [6.07, 6.45) is -12.2. The van der Waals surface area contributed by atoms with E-state index in [1.807, 2.05) is 0 Å². The van der Waals surface area contributed by atoms with Gasteiger partial charge in [-0.25, -0.2) is 9.97 Å². The van der Waals surface area contributed by atoms with Crippen molar-refractivity contribution < 1.29 is 58.9 Å². The van der Waals surface area contributed by atoms with Crippen molar-refractivity contribution in [1.82, 2.24) is 9.97 Å². The topological polar surface area (TPSA) is 84.8 Å². The number of anilines is 1. The maximum atomic E-state index is 13.7. The van der Waals surface area contributed by atoms with Gasteiger partial charge in [-0.05, 0) is 61.2 Å². The minimum absolute atomic E-state index is 0.0237. The Morgan fingerprint density at radius 1 is 0.826 bits per heavy atom. The van der Waals surface area contributed by atoms with E-state index in [1.54, 1.807) is 13.8 Å². The number of benzene rings is 2. The zero-order chi connectivity index (χ0) is 34.3. The molecule has 0 spiro atoms. The highest BCUT2D eigenvalue weighted by Crippen LogP contribution is 2.38. The third kappa shape index (κ3) is 10.4. The zero-order valence-electron chi connectivity index (χ0n) is 24.6. The summed E-state index contributed by atoms with van der Waals surface area (Å²) in [7, 11) is 0. The van der Waals surface area contributed by atoms with E-state index < -0.39 is 65.9 Å². The summed E-state index contributed by atoms with van der Waals surface area (Å²) >= 11 is 0. The third-order valence-electron chi connectivity index (χ3n) is 6.68. The van der Waals surface area contributed by atoms with Crippen molar-refractivity contribution in [2.24, 2.45) is 0 Å². The molecule has 0 aliphatic heterocycles. The fraction of sp³-hybridized carbons (Fsp3) is 0.433. The Kier molecular flexibility index (Phi) is 11.7. The molecule has 7 nitrogen and oxygen atoms in total. The molecule has 0 unspecified atom stereocenters.